The van der Waals surface area contributed by atoms with Crippen molar-refractivity contribution in [3.63, 3.8) is 0 Å². The third-order valence-electron chi connectivity index (χ3n) is 3.89. The molecule has 1 N–H and O–H groups in total. The maximum absolute atomic E-state index is 12.4. The third kappa shape index (κ3) is 3.99. The van der Waals surface area contributed by atoms with Crippen molar-refractivity contribution in [2.75, 3.05) is 0 Å². The van der Waals surface area contributed by atoms with Gasteiger partial charge >= 0.3 is 0 Å². The molecular weight excluding hydrogens is 308 g/mol. The maximum atomic E-state index is 12.4. The second-order valence-electron chi connectivity index (χ2n) is 5.86. The topological polar surface area (TPSA) is 58.5 Å². The molecule has 2 aromatic carbocycles. The number of hydrogen-bond acceptors (Lipinski definition) is 3. The number of nitrogens with one attached hydrogen (secondary N) is 1. The lowest BCUT2D eigenvalue weighted by Crippen LogP contribution is -2.21. The summed E-state index contributed by atoms with van der Waals surface area (Å²) >= 11 is 0. The molecule has 122 valence electrons. The lowest BCUT2D eigenvalue weighted by atomic mass is 10.0. The van der Waals surface area contributed by atoms with Crippen LogP contribution >= 0.6 is 0 Å². The third-order valence-corrected chi connectivity index (χ3v) is 5.24. The van der Waals surface area contributed by atoms with Crippen LogP contribution in [0.4, 0.5) is 0 Å². The van der Waals surface area contributed by atoms with Crippen molar-refractivity contribution >= 4 is 15.7 Å². The van der Waals surface area contributed by atoms with Gasteiger partial charge in [0.1, 0.15) is 0 Å². The summed E-state index contributed by atoms with van der Waals surface area (Å²) in [6, 6.07) is 11.3. The van der Waals surface area contributed by atoms with Gasteiger partial charge in [-0.1, -0.05) is 24.3 Å². The lowest BCUT2D eigenvalue weighted by molar-refractivity contribution is 0.583. The smallest absolute Gasteiger partial charge is 0.200 e. The van der Waals surface area contributed by atoms with Crippen LogP contribution in [0, 0.1) is 27.7 Å². The van der Waals surface area contributed by atoms with Gasteiger partial charge in [-0.25, -0.2) is 0 Å². The highest BCUT2D eigenvalue weighted by molar-refractivity contribution is 7.89. The second kappa shape index (κ2) is 6.54. The number of hydrazone groups is 1. The molecule has 0 radical (unpaired) electrons. The van der Waals surface area contributed by atoms with E-state index in [0.717, 1.165) is 16.7 Å². The van der Waals surface area contributed by atoms with Crippen molar-refractivity contribution in [2.24, 2.45) is 5.10 Å². The fraction of sp³-hybridized carbons (Fsp3) is 0.278. The maximum Gasteiger partial charge on any atom is 0.276 e. The molecule has 0 bridgehead atoms. The number of benzene rings is 2. The summed E-state index contributed by atoms with van der Waals surface area (Å²) in [7, 11) is -3.67. The van der Waals surface area contributed by atoms with E-state index in [9.17, 15) is 8.42 Å². The highest BCUT2D eigenvalue weighted by atomic mass is 32.2. The van der Waals surface area contributed by atoms with Gasteiger partial charge < -0.3 is 0 Å². The Hall–Kier alpha value is -2.14. The summed E-state index contributed by atoms with van der Waals surface area (Å²) in [4.78, 5) is 2.59. The van der Waals surface area contributed by atoms with Crippen molar-refractivity contribution < 1.29 is 8.42 Å². The van der Waals surface area contributed by atoms with Crippen molar-refractivity contribution in [1.82, 2.24) is 4.83 Å². The van der Waals surface area contributed by atoms with Gasteiger partial charge in [0, 0.05) is 0 Å². The Morgan fingerprint density at radius 1 is 0.913 bits per heavy atom. The van der Waals surface area contributed by atoms with Crippen molar-refractivity contribution in [3.8, 4) is 0 Å². The van der Waals surface area contributed by atoms with E-state index < -0.39 is 10.0 Å². The average Bonchev–Trinajstić information content (AvgIpc) is 2.50. The molecule has 0 aliphatic heterocycles. The van der Waals surface area contributed by atoms with E-state index >= 15 is 0 Å². The van der Waals surface area contributed by atoms with Crippen molar-refractivity contribution in [1.29, 1.82) is 0 Å². The number of aryl methyl sites for hydroxylation is 4. The summed E-state index contributed by atoms with van der Waals surface area (Å²) in [5.41, 5.74) is 5.46. The highest BCUT2D eigenvalue weighted by Gasteiger charge is 2.16. The van der Waals surface area contributed by atoms with Gasteiger partial charge in [-0.2, -0.15) is 18.4 Å². The molecule has 0 aliphatic rings. The van der Waals surface area contributed by atoms with E-state index in [4.69, 9.17) is 0 Å². The van der Waals surface area contributed by atoms with E-state index in [-0.39, 0.29) is 4.90 Å². The molecule has 0 amide bonds. The molecule has 0 fully saturated rings. The van der Waals surface area contributed by atoms with Gasteiger partial charge in [0.25, 0.3) is 10.0 Å². The molecule has 0 heterocycles. The Labute approximate surface area is 138 Å². The van der Waals surface area contributed by atoms with E-state index in [1.165, 1.54) is 5.56 Å². The fourth-order valence-corrected chi connectivity index (χ4v) is 3.39. The van der Waals surface area contributed by atoms with Crippen LogP contribution in [0.3, 0.4) is 0 Å². The molecule has 4 nitrogen and oxygen atoms in total. The monoisotopic (exact) mass is 330 g/mol. The van der Waals surface area contributed by atoms with E-state index in [2.05, 4.69) is 9.93 Å². The normalized spacial score (nSPS) is 12.3. The first-order chi connectivity index (χ1) is 10.7. The summed E-state index contributed by atoms with van der Waals surface area (Å²) < 4.78 is 24.9. The highest BCUT2D eigenvalue weighted by Crippen LogP contribution is 2.17. The minimum Gasteiger partial charge on any atom is -0.200 e. The molecule has 0 atom stereocenters. The zero-order valence-electron chi connectivity index (χ0n) is 14.1. The number of rotatable bonds is 4. The quantitative estimate of drug-likeness (QED) is 0.687. The van der Waals surface area contributed by atoms with E-state index in [1.807, 2.05) is 45.0 Å². The zero-order chi connectivity index (χ0) is 17.2. The van der Waals surface area contributed by atoms with Crippen LogP contribution in [0.5, 0.6) is 0 Å². The molecule has 0 aliphatic carbocycles. The van der Waals surface area contributed by atoms with Crippen molar-refractivity contribution in [3.05, 3.63) is 64.2 Å². The average molecular weight is 330 g/mol. The summed E-state index contributed by atoms with van der Waals surface area (Å²) in [6.45, 7) is 9.48. The van der Waals surface area contributed by atoms with Crippen LogP contribution < -0.4 is 4.83 Å². The van der Waals surface area contributed by atoms with Gasteiger partial charge in [-0.05, 0) is 74.6 Å². The first kappa shape index (κ1) is 17.2. The predicted octanol–water partition coefficient (Wildman–Crippen LogP) is 3.62. The largest absolute Gasteiger partial charge is 0.276 e. The molecular formula is C18H22N2O2S. The van der Waals surface area contributed by atoms with E-state index in [1.54, 1.807) is 26.0 Å². The number of nitrogens with zero attached hydrogens (tertiary/aromatic N) is 1. The molecule has 0 saturated heterocycles. The first-order valence-corrected chi connectivity index (χ1v) is 8.90. The standard InChI is InChI=1S/C18H22N2O2S/c1-12-6-7-14(3)18(10-12)23(21,22)20-19-16(5)17-9-8-13(2)15(4)11-17/h6-11,20H,1-5H3. The molecule has 0 saturated carbocycles. The Kier molecular flexibility index (Phi) is 4.90. The number of sulfonamides is 1. The van der Waals surface area contributed by atoms with Gasteiger partial charge in [0.05, 0.1) is 10.6 Å². The van der Waals surface area contributed by atoms with E-state index in [0.29, 0.717) is 11.3 Å². The molecule has 5 heteroatoms. The van der Waals surface area contributed by atoms with Crippen LogP contribution in [-0.4, -0.2) is 14.1 Å². The molecule has 23 heavy (non-hydrogen) atoms. The van der Waals surface area contributed by atoms with Crippen molar-refractivity contribution in [2.45, 2.75) is 39.5 Å². The number of hydrogen-bond donors (Lipinski definition) is 1. The second-order valence-corrected chi connectivity index (χ2v) is 7.49. The van der Waals surface area contributed by atoms with Crippen LogP contribution in [0.2, 0.25) is 0 Å². The summed E-state index contributed by atoms with van der Waals surface area (Å²) in [5, 5.41) is 4.06. The van der Waals surface area contributed by atoms with Gasteiger partial charge in [-0.3, -0.25) is 0 Å². The van der Waals surface area contributed by atoms with Crippen LogP contribution in [0.1, 0.15) is 34.7 Å². The van der Waals surface area contributed by atoms with Gasteiger partial charge in [0.2, 0.25) is 0 Å². The van der Waals surface area contributed by atoms with Gasteiger partial charge in [-0.15, -0.1) is 0 Å². The fourth-order valence-electron chi connectivity index (χ4n) is 2.21. The van der Waals surface area contributed by atoms with Crippen LogP contribution in [0.25, 0.3) is 0 Å². The zero-order valence-corrected chi connectivity index (χ0v) is 15.0. The molecule has 2 aromatic rings. The molecule has 0 spiro atoms. The van der Waals surface area contributed by atoms with Gasteiger partial charge in [0.15, 0.2) is 0 Å². The Balaban J connectivity index is 2.30. The van der Waals surface area contributed by atoms with Crippen LogP contribution in [-0.2, 0) is 10.0 Å². The predicted molar refractivity (Wildman–Crippen MR) is 94.4 cm³/mol. The summed E-state index contributed by atoms with van der Waals surface area (Å²) in [5.74, 6) is 0. The first-order valence-electron chi connectivity index (χ1n) is 7.41. The Morgan fingerprint density at radius 3 is 2.22 bits per heavy atom. The lowest BCUT2D eigenvalue weighted by Gasteiger charge is -2.09. The SMILES string of the molecule is CC(=NNS(=O)(=O)c1cc(C)ccc1C)c1ccc(C)c(C)c1. The molecule has 2 rings (SSSR count). The Morgan fingerprint density at radius 2 is 1.57 bits per heavy atom. The minimum atomic E-state index is -3.67. The molecule has 0 unspecified atom stereocenters. The molecule has 0 aromatic heterocycles. The summed E-state index contributed by atoms with van der Waals surface area (Å²) in [6.07, 6.45) is 0. The van der Waals surface area contributed by atoms with Crippen LogP contribution in [0.15, 0.2) is 46.4 Å². The Bertz CT molecular complexity index is 869. The minimum absolute atomic E-state index is 0.258.